The number of nitrogens with one attached hydrogen (secondary N) is 1. The quantitative estimate of drug-likeness (QED) is 0.925. The molecule has 0 aliphatic carbocycles. The fraction of sp³-hybridized carbons (Fsp3) is 0.300. The first kappa shape index (κ1) is 17.0. The highest BCUT2D eigenvalue weighted by Crippen LogP contribution is 2.30. The minimum Gasteiger partial charge on any atom is -0.455 e. The van der Waals surface area contributed by atoms with Gasteiger partial charge in [0.1, 0.15) is 5.75 Å². The van der Waals surface area contributed by atoms with Crippen molar-refractivity contribution in [3.8, 4) is 11.5 Å². The van der Waals surface area contributed by atoms with Crippen LogP contribution >= 0.6 is 0 Å². The second-order valence-corrected chi connectivity index (χ2v) is 6.18. The normalized spacial score (nSPS) is 14.8. The lowest BCUT2D eigenvalue weighted by atomic mass is 9.96. The van der Waals surface area contributed by atoms with E-state index in [0.29, 0.717) is 37.4 Å². The number of hydrogen-bond acceptors (Lipinski definition) is 3. The van der Waals surface area contributed by atoms with E-state index in [1.54, 1.807) is 11.8 Å². The summed E-state index contributed by atoms with van der Waals surface area (Å²) < 4.78 is 5.88. The van der Waals surface area contributed by atoms with Gasteiger partial charge in [0.2, 0.25) is 11.8 Å². The Morgan fingerprint density at radius 2 is 1.64 bits per heavy atom. The van der Waals surface area contributed by atoms with Gasteiger partial charge in [-0.2, -0.15) is 0 Å². The summed E-state index contributed by atoms with van der Waals surface area (Å²) in [5.74, 6) is 1.30. The van der Waals surface area contributed by atoms with Crippen molar-refractivity contribution in [3.05, 3.63) is 54.6 Å². The minimum absolute atomic E-state index is 0.0210. The van der Waals surface area contributed by atoms with E-state index in [1.807, 2.05) is 54.6 Å². The lowest BCUT2D eigenvalue weighted by molar-refractivity contribution is -0.132. The average Bonchev–Trinajstić information content (AvgIpc) is 2.64. The van der Waals surface area contributed by atoms with Crippen molar-refractivity contribution in [1.29, 1.82) is 0 Å². The zero-order valence-corrected chi connectivity index (χ0v) is 14.3. The molecule has 1 aliphatic rings. The fourth-order valence-corrected chi connectivity index (χ4v) is 2.97. The maximum Gasteiger partial charge on any atom is 0.227 e. The third kappa shape index (κ3) is 4.38. The molecule has 1 N–H and O–H groups in total. The molecule has 0 aromatic heterocycles. The van der Waals surface area contributed by atoms with Crippen molar-refractivity contribution in [3.63, 3.8) is 0 Å². The number of piperidine rings is 1. The maximum atomic E-state index is 12.6. The summed E-state index contributed by atoms with van der Waals surface area (Å²) in [5.41, 5.74) is 0.658. The Hall–Kier alpha value is -2.82. The van der Waals surface area contributed by atoms with Gasteiger partial charge in [-0.15, -0.1) is 0 Å². The summed E-state index contributed by atoms with van der Waals surface area (Å²) in [7, 11) is 0. The van der Waals surface area contributed by atoms with Crippen LogP contribution in [0.25, 0.3) is 0 Å². The number of amides is 2. The predicted octanol–water partition coefficient (Wildman–Crippen LogP) is 3.68. The number of carbonyl (C=O) groups is 2. The lowest BCUT2D eigenvalue weighted by Crippen LogP contribution is -2.40. The number of benzene rings is 2. The van der Waals surface area contributed by atoms with E-state index >= 15 is 0 Å². The summed E-state index contributed by atoms with van der Waals surface area (Å²) in [6.07, 6.45) is 1.38. The zero-order valence-electron chi connectivity index (χ0n) is 14.3. The van der Waals surface area contributed by atoms with Gasteiger partial charge in [0, 0.05) is 25.9 Å². The SMILES string of the molecule is CC(=O)N1CCC(C(=O)Nc2ccccc2Oc2ccccc2)CC1. The number of para-hydroxylation sites is 3. The van der Waals surface area contributed by atoms with Crippen molar-refractivity contribution in [2.45, 2.75) is 19.8 Å². The summed E-state index contributed by atoms with van der Waals surface area (Å²) in [4.78, 5) is 25.8. The first-order chi connectivity index (χ1) is 12.1. The van der Waals surface area contributed by atoms with Crippen LogP contribution in [-0.2, 0) is 9.59 Å². The van der Waals surface area contributed by atoms with Crippen molar-refractivity contribution in [2.75, 3.05) is 18.4 Å². The molecule has 0 radical (unpaired) electrons. The Morgan fingerprint density at radius 3 is 2.32 bits per heavy atom. The summed E-state index contributed by atoms with van der Waals surface area (Å²) in [6.45, 7) is 2.84. The average molecular weight is 338 g/mol. The lowest BCUT2D eigenvalue weighted by Gasteiger charge is -2.30. The van der Waals surface area contributed by atoms with E-state index in [-0.39, 0.29) is 17.7 Å². The molecule has 1 saturated heterocycles. The molecule has 0 saturated carbocycles. The number of ether oxygens (including phenoxy) is 1. The van der Waals surface area contributed by atoms with Crippen LogP contribution in [0.2, 0.25) is 0 Å². The van der Waals surface area contributed by atoms with Gasteiger partial charge in [0.15, 0.2) is 5.75 Å². The number of likely N-dealkylation sites (tertiary alicyclic amines) is 1. The van der Waals surface area contributed by atoms with Crippen LogP contribution in [0, 0.1) is 5.92 Å². The van der Waals surface area contributed by atoms with Gasteiger partial charge in [-0.05, 0) is 37.1 Å². The number of anilines is 1. The first-order valence-electron chi connectivity index (χ1n) is 8.52. The Morgan fingerprint density at radius 1 is 1.00 bits per heavy atom. The predicted molar refractivity (Wildman–Crippen MR) is 96.6 cm³/mol. The molecular weight excluding hydrogens is 316 g/mol. The maximum absolute atomic E-state index is 12.6. The molecule has 130 valence electrons. The molecule has 0 spiro atoms. The van der Waals surface area contributed by atoms with E-state index in [2.05, 4.69) is 5.32 Å². The largest absolute Gasteiger partial charge is 0.455 e. The van der Waals surface area contributed by atoms with Gasteiger partial charge >= 0.3 is 0 Å². The van der Waals surface area contributed by atoms with Crippen LogP contribution in [0.5, 0.6) is 11.5 Å². The topological polar surface area (TPSA) is 58.6 Å². The van der Waals surface area contributed by atoms with Gasteiger partial charge in [-0.3, -0.25) is 9.59 Å². The third-order valence-corrected chi connectivity index (χ3v) is 4.43. The summed E-state index contributed by atoms with van der Waals surface area (Å²) in [6, 6.07) is 16.9. The van der Waals surface area contributed by atoms with Crippen LogP contribution in [0.3, 0.4) is 0 Å². The number of nitrogens with zero attached hydrogens (tertiary/aromatic N) is 1. The van der Waals surface area contributed by atoms with Gasteiger partial charge in [0.05, 0.1) is 5.69 Å². The molecule has 2 aromatic carbocycles. The molecule has 0 bridgehead atoms. The molecule has 3 rings (SSSR count). The van der Waals surface area contributed by atoms with Crippen LogP contribution in [0.1, 0.15) is 19.8 Å². The third-order valence-electron chi connectivity index (χ3n) is 4.43. The molecule has 1 heterocycles. The van der Waals surface area contributed by atoms with Crippen LogP contribution in [0.4, 0.5) is 5.69 Å². The van der Waals surface area contributed by atoms with Crippen molar-refractivity contribution >= 4 is 17.5 Å². The van der Waals surface area contributed by atoms with Gasteiger partial charge < -0.3 is 15.0 Å². The van der Waals surface area contributed by atoms with Gasteiger partial charge in [-0.1, -0.05) is 30.3 Å². The second kappa shape index (κ2) is 7.83. The van der Waals surface area contributed by atoms with Crippen LogP contribution in [-0.4, -0.2) is 29.8 Å². The fourth-order valence-electron chi connectivity index (χ4n) is 2.97. The number of carbonyl (C=O) groups excluding carboxylic acids is 2. The highest BCUT2D eigenvalue weighted by atomic mass is 16.5. The van der Waals surface area contributed by atoms with Gasteiger partial charge in [0.25, 0.3) is 0 Å². The first-order valence-corrected chi connectivity index (χ1v) is 8.52. The smallest absolute Gasteiger partial charge is 0.227 e. The van der Waals surface area contributed by atoms with Crippen LogP contribution in [0.15, 0.2) is 54.6 Å². The minimum atomic E-state index is -0.0830. The molecular formula is C20H22N2O3. The molecule has 5 heteroatoms. The Labute approximate surface area is 147 Å². The molecule has 5 nitrogen and oxygen atoms in total. The highest BCUT2D eigenvalue weighted by Gasteiger charge is 2.26. The monoisotopic (exact) mass is 338 g/mol. The molecule has 25 heavy (non-hydrogen) atoms. The molecule has 2 amide bonds. The Bertz CT molecular complexity index is 738. The molecule has 2 aromatic rings. The van der Waals surface area contributed by atoms with Crippen molar-refractivity contribution in [1.82, 2.24) is 4.90 Å². The van der Waals surface area contributed by atoms with E-state index < -0.39 is 0 Å². The molecule has 0 atom stereocenters. The second-order valence-electron chi connectivity index (χ2n) is 6.18. The molecule has 1 aliphatic heterocycles. The van der Waals surface area contributed by atoms with Crippen molar-refractivity contribution < 1.29 is 14.3 Å². The van der Waals surface area contributed by atoms with E-state index in [9.17, 15) is 9.59 Å². The van der Waals surface area contributed by atoms with E-state index in [1.165, 1.54) is 0 Å². The number of rotatable bonds is 4. The van der Waals surface area contributed by atoms with Crippen molar-refractivity contribution in [2.24, 2.45) is 5.92 Å². The number of hydrogen-bond donors (Lipinski definition) is 1. The van der Waals surface area contributed by atoms with Gasteiger partial charge in [-0.25, -0.2) is 0 Å². The Kier molecular flexibility index (Phi) is 5.33. The zero-order chi connectivity index (χ0) is 17.6. The Balaban J connectivity index is 1.65. The molecule has 0 unspecified atom stereocenters. The van der Waals surface area contributed by atoms with E-state index in [0.717, 1.165) is 5.75 Å². The van der Waals surface area contributed by atoms with E-state index in [4.69, 9.17) is 4.74 Å². The highest BCUT2D eigenvalue weighted by molar-refractivity contribution is 5.94. The standard InChI is InChI=1S/C20H22N2O3/c1-15(23)22-13-11-16(12-14-22)20(24)21-18-9-5-6-10-19(18)25-17-7-3-2-4-8-17/h2-10,16H,11-14H2,1H3,(H,21,24). The van der Waals surface area contributed by atoms with Crippen LogP contribution < -0.4 is 10.1 Å². The molecule has 1 fully saturated rings. The summed E-state index contributed by atoms with van der Waals surface area (Å²) in [5, 5.41) is 2.98. The summed E-state index contributed by atoms with van der Waals surface area (Å²) >= 11 is 0.